The number of aryl methyl sites for hydroxylation is 1. The lowest BCUT2D eigenvalue weighted by Gasteiger charge is -2.23. The Bertz CT molecular complexity index is 727. The van der Waals surface area contributed by atoms with Crippen LogP contribution in [0.4, 0.5) is 16.0 Å². The number of aromatic nitrogens is 3. The van der Waals surface area contributed by atoms with Gasteiger partial charge in [-0.05, 0) is 24.6 Å². The van der Waals surface area contributed by atoms with E-state index >= 15 is 0 Å². The highest BCUT2D eigenvalue weighted by Gasteiger charge is 2.31. The molecule has 0 aliphatic carbocycles. The Morgan fingerprint density at radius 2 is 2.33 bits per heavy atom. The summed E-state index contributed by atoms with van der Waals surface area (Å²) in [4.78, 5) is 23.8. The third-order valence-electron chi connectivity index (χ3n) is 3.28. The summed E-state index contributed by atoms with van der Waals surface area (Å²) in [7, 11) is 0. The van der Waals surface area contributed by atoms with Crippen LogP contribution in [0.3, 0.4) is 0 Å². The molecule has 1 aromatic heterocycles. The van der Waals surface area contributed by atoms with Crippen LogP contribution in [0.25, 0.3) is 0 Å². The molecule has 21 heavy (non-hydrogen) atoms. The van der Waals surface area contributed by atoms with Crippen LogP contribution in [0.15, 0.2) is 24.5 Å². The van der Waals surface area contributed by atoms with Gasteiger partial charge in [0.05, 0.1) is 6.42 Å². The number of halogens is 1. The molecule has 0 saturated carbocycles. The topological polar surface area (TPSA) is 88.9 Å². The van der Waals surface area contributed by atoms with Gasteiger partial charge in [0, 0.05) is 5.69 Å². The molecule has 2 amide bonds. The number of nitrogens with one attached hydrogen (secondary N) is 2. The highest BCUT2D eigenvalue weighted by Crippen LogP contribution is 2.24. The number of hydrogen-bond donors (Lipinski definition) is 2. The van der Waals surface area contributed by atoms with E-state index in [2.05, 4.69) is 20.8 Å². The van der Waals surface area contributed by atoms with Crippen LogP contribution in [-0.2, 0) is 9.59 Å². The lowest BCUT2D eigenvalue weighted by atomic mass is 10.1. The zero-order valence-corrected chi connectivity index (χ0v) is 11.1. The monoisotopic (exact) mass is 289 g/mol. The Balaban J connectivity index is 1.83. The van der Waals surface area contributed by atoms with Gasteiger partial charge in [-0.15, -0.1) is 10.2 Å². The molecular formula is C13H12FN5O2. The Hall–Kier alpha value is -2.77. The summed E-state index contributed by atoms with van der Waals surface area (Å²) in [5.41, 5.74) is 0.829. The van der Waals surface area contributed by atoms with E-state index in [1.165, 1.54) is 17.0 Å². The first kappa shape index (κ1) is 13.2. The quantitative estimate of drug-likeness (QED) is 0.870. The Kier molecular flexibility index (Phi) is 3.13. The van der Waals surface area contributed by atoms with Gasteiger partial charge in [-0.3, -0.25) is 19.5 Å². The second-order valence-corrected chi connectivity index (χ2v) is 4.78. The number of rotatable bonds is 2. The second-order valence-electron chi connectivity index (χ2n) is 4.78. The van der Waals surface area contributed by atoms with Crippen molar-refractivity contribution in [1.29, 1.82) is 0 Å². The molecular weight excluding hydrogens is 277 g/mol. The number of hydrogen-bond acceptors (Lipinski definition) is 4. The molecule has 0 fully saturated rings. The summed E-state index contributed by atoms with van der Waals surface area (Å²) in [6.45, 7) is 1.63. The van der Waals surface area contributed by atoms with E-state index in [0.29, 0.717) is 11.3 Å². The van der Waals surface area contributed by atoms with E-state index in [0.717, 1.165) is 0 Å². The zero-order chi connectivity index (χ0) is 15.0. The van der Waals surface area contributed by atoms with Crippen molar-refractivity contribution in [3.63, 3.8) is 0 Å². The summed E-state index contributed by atoms with van der Waals surface area (Å²) in [6.07, 6.45) is 1.35. The molecule has 0 bridgehead atoms. The first-order valence-electron chi connectivity index (χ1n) is 6.31. The molecule has 0 saturated heterocycles. The van der Waals surface area contributed by atoms with Crippen molar-refractivity contribution in [2.24, 2.45) is 0 Å². The molecule has 1 atom stereocenters. The molecule has 1 aliphatic heterocycles. The largest absolute Gasteiger partial charge is 0.324 e. The van der Waals surface area contributed by atoms with Crippen LogP contribution < -0.4 is 10.6 Å². The van der Waals surface area contributed by atoms with Crippen molar-refractivity contribution in [3.8, 4) is 0 Å². The van der Waals surface area contributed by atoms with Crippen molar-refractivity contribution in [3.05, 3.63) is 35.9 Å². The Morgan fingerprint density at radius 3 is 3.10 bits per heavy atom. The van der Waals surface area contributed by atoms with Gasteiger partial charge in [0.1, 0.15) is 18.2 Å². The van der Waals surface area contributed by atoms with Crippen LogP contribution in [0.1, 0.15) is 18.0 Å². The molecule has 1 aliphatic rings. The van der Waals surface area contributed by atoms with E-state index in [4.69, 9.17) is 0 Å². The lowest BCUT2D eigenvalue weighted by Crippen LogP contribution is -2.35. The molecule has 8 heteroatoms. The number of carbonyl (C=O) groups excluding carboxylic acids is 2. The smallest absolute Gasteiger partial charge is 0.248 e. The Morgan fingerprint density at radius 1 is 1.52 bits per heavy atom. The van der Waals surface area contributed by atoms with Gasteiger partial charge < -0.3 is 5.32 Å². The van der Waals surface area contributed by atoms with Crippen LogP contribution in [0.2, 0.25) is 0 Å². The van der Waals surface area contributed by atoms with Crippen LogP contribution >= 0.6 is 0 Å². The van der Waals surface area contributed by atoms with Gasteiger partial charge >= 0.3 is 0 Å². The number of benzene rings is 1. The number of carbonyl (C=O) groups is 2. The number of amides is 2. The number of fused-ring (bicyclic) bond motifs is 1. The van der Waals surface area contributed by atoms with Crippen molar-refractivity contribution < 1.29 is 14.0 Å². The normalized spacial score (nSPS) is 17.0. The van der Waals surface area contributed by atoms with Crippen LogP contribution in [0, 0.1) is 12.7 Å². The molecule has 0 spiro atoms. The first-order valence-corrected chi connectivity index (χ1v) is 6.31. The highest BCUT2D eigenvalue weighted by atomic mass is 19.1. The van der Waals surface area contributed by atoms with Gasteiger partial charge in [0.25, 0.3) is 0 Å². The van der Waals surface area contributed by atoms with Gasteiger partial charge in [-0.25, -0.2) is 4.39 Å². The molecule has 1 aromatic carbocycles. The average molecular weight is 289 g/mol. The van der Waals surface area contributed by atoms with Crippen molar-refractivity contribution >= 4 is 23.5 Å². The van der Waals surface area contributed by atoms with E-state index in [1.807, 2.05) is 0 Å². The van der Waals surface area contributed by atoms with E-state index in [1.54, 1.807) is 19.1 Å². The highest BCUT2D eigenvalue weighted by molar-refractivity contribution is 6.00. The molecule has 2 aromatic rings. The maximum absolute atomic E-state index is 13.5. The third kappa shape index (κ3) is 2.47. The van der Waals surface area contributed by atoms with Gasteiger partial charge in [-0.2, -0.15) is 0 Å². The molecule has 0 radical (unpaired) electrons. The lowest BCUT2D eigenvalue weighted by molar-refractivity contribution is -0.125. The van der Waals surface area contributed by atoms with Gasteiger partial charge in [0.2, 0.25) is 17.8 Å². The van der Waals surface area contributed by atoms with Crippen molar-refractivity contribution in [2.75, 3.05) is 10.6 Å². The summed E-state index contributed by atoms with van der Waals surface area (Å²) in [5.74, 6) is -0.916. The molecule has 2 N–H and O–H groups in total. The summed E-state index contributed by atoms with van der Waals surface area (Å²) in [5, 5.41) is 12.5. The van der Waals surface area contributed by atoms with E-state index in [9.17, 15) is 14.0 Å². The van der Waals surface area contributed by atoms with Gasteiger partial charge in [0.15, 0.2) is 0 Å². The third-order valence-corrected chi connectivity index (χ3v) is 3.28. The zero-order valence-electron chi connectivity index (χ0n) is 11.1. The molecule has 1 unspecified atom stereocenters. The maximum atomic E-state index is 13.5. The summed E-state index contributed by atoms with van der Waals surface area (Å²) >= 11 is 0. The van der Waals surface area contributed by atoms with Crippen molar-refractivity contribution in [2.45, 2.75) is 19.4 Å². The predicted molar refractivity (Wildman–Crippen MR) is 72.1 cm³/mol. The minimum absolute atomic E-state index is 0.0226. The number of nitrogens with zero attached hydrogens (tertiary/aromatic N) is 3. The predicted octanol–water partition coefficient (Wildman–Crippen LogP) is 1.25. The van der Waals surface area contributed by atoms with Gasteiger partial charge in [-0.1, -0.05) is 6.07 Å². The molecule has 108 valence electrons. The van der Waals surface area contributed by atoms with Crippen molar-refractivity contribution in [1.82, 2.24) is 14.8 Å². The number of anilines is 2. The van der Waals surface area contributed by atoms with Crippen LogP contribution in [-0.4, -0.2) is 26.6 Å². The van der Waals surface area contributed by atoms with E-state index in [-0.39, 0.29) is 18.3 Å². The standard InChI is InChI=1S/C13H12FN5O2/c1-7-2-3-8(4-9(7)14)16-12(21)10-5-11(20)17-13-18-15-6-19(10)13/h2-4,6,10H,5H2,1H3,(H,16,21)(H,17,18,20). The second kappa shape index (κ2) is 4.97. The first-order chi connectivity index (χ1) is 10.0. The summed E-state index contributed by atoms with van der Waals surface area (Å²) in [6, 6.07) is 3.66. The molecule has 3 rings (SSSR count). The summed E-state index contributed by atoms with van der Waals surface area (Å²) < 4.78 is 15.0. The minimum Gasteiger partial charge on any atom is -0.324 e. The fourth-order valence-corrected chi connectivity index (χ4v) is 2.12. The maximum Gasteiger partial charge on any atom is 0.248 e. The molecule has 2 heterocycles. The van der Waals surface area contributed by atoms with Crippen LogP contribution in [0.5, 0.6) is 0 Å². The molecule has 7 nitrogen and oxygen atoms in total. The minimum atomic E-state index is -0.756. The SMILES string of the molecule is Cc1ccc(NC(=O)C2CC(=O)Nc3nncn32)cc1F. The fraction of sp³-hybridized carbons (Fsp3) is 0.231. The fourth-order valence-electron chi connectivity index (χ4n) is 2.12. The Labute approximate surface area is 119 Å². The average Bonchev–Trinajstić information content (AvgIpc) is 2.90. The van der Waals surface area contributed by atoms with E-state index < -0.39 is 17.8 Å².